The molecule has 4 nitrogen and oxygen atoms in total. The zero-order chi connectivity index (χ0) is 10.8. The summed E-state index contributed by atoms with van der Waals surface area (Å²) in [6.45, 7) is 0. The monoisotopic (exact) mass is 221 g/mol. The topological polar surface area (TPSA) is 51.0 Å². The van der Waals surface area contributed by atoms with Gasteiger partial charge in [-0.25, -0.2) is 0 Å². The quantitative estimate of drug-likeness (QED) is 0.797. The molecule has 0 bridgehead atoms. The van der Waals surface area contributed by atoms with Crippen molar-refractivity contribution in [1.82, 2.24) is 10.1 Å². The van der Waals surface area contributed by atoms with Gasteiger partial charge in [0, 0.05) is 12.0 Å². The van der Waals surface area contributed by atoms with Crippen molar-refractivity contribution in [3.05, 3.63) is 5.82 Å². The lowest BCUT2D eigenvalue weighted by Gasteiger charge is -2.07. The van der Waals surface area contributed by atoms with Gasteiger partial charge in [0.2, 0.25) is 0 Å². The van der Waals surface area contributed by atoms with Crippen LogP contribution >= 0.6 is 0 Å². The fourth-order valence-corrected chi connectivity index (χ4v) is 2.40. The van der Waals surface area contributed by atoms with Crippen molar-refractivity contribution in [2.75, 3.05) is 5.32 Å². The van der Waals surface area contributed by atoms with E-state index in [0.717, 1.165) is 5.82 Å². The molecule has 2 fully saturated rings. The zero-order valence-corrected chi connectivity index (χ0v) is 9.61. The molecule has 1 heterocycles. The molecule has 3 rings (SSSR count). The van der Waals surface area contributed by atoms with Crippen molar-refractivity contribution in [3.63, 3.8) is 0 Å². The van der Waals surface area contributed by atoms with Crippen molar-refractivity contribution >= 4 is 6.01 Å². The van der Waals surface area contributed by atoms with Crippen LogP contribution in [-0.4, -0.2) is 16.2 Å². The summed E-state index contributed by atoms with van der Waals surface area (Å²) in [6.07, 6.45) is 10.3. The molecule has 0 radical (unpaired) electrons. The number of rotatable bonds is 3. The second-order valence-electron chi connectivity index (χ2n) is 5.06. The summed E-state index contributed by atoms with van der Waals surface area (Å²) in [5.41, 5.74) is 0. The molecule has 2 saturated carbocycles. The van der Waals surface area contributed by atoms with E-state index in [2.05, 4.69) is 15.5 Å². The minimum atomic E-state index is 0.529. The Morgan fingerprint density at radius 3 is 2.44 bits per heavy atom. The first-order valence-corrected chi connectivity index (χ1v) is 6.52. The fraction of sp³-hybridized carbons (Fsp3) is 0.833. The van der Waals surface area contributed by atoms with Crippen LogP contribution in [-0.2, 0) is 0 Å². The molecule has 88 valence electrons. The highest BCUT2D eigenvalue weighted by atomic mass is 16.5. The van der Waals surface area contributed by atoms with Crippen LogP contribution in [0.5, 0.6) is 0 Å². The maximum atomic E-state index is 5.24. The van der Waals surface area contributed by atoms with Crippen molar-refractivity contribution in [3.8, 4) is 0 Å². The lowest BCUT2D eigenvalue weighted by atomic mass is 10.00. The smallest absolute Gasteiger partial charge is 0.321 e. The third-order valence-corrected chi connectivity index (χ3v) is 3.57. The Morgan fingerprint density at radius 1 is 1.00 bits per heavy atom. The number of anilines is 1. The van der Waals surface area contributed by atoms with Gasteiger partial charge in [-0.1, -0.05) is 30.8 Å². The van der Waals surface area contributed by atoms with Crippen molar-refractivity contribution < 1.29 is 4.52 Å². The van der Waals surface area contributed by atoms with Gasteiger partial charge in [-0.3, -0.25) is 0 Å². The van der Waals surface area contributed by atoms with Crippen LogP contribution < -0.4 is 5.32 Å². The summed E-state index contributed by atoms with van der Waals surface area (Å²) >= 11 is 0. The van der Waals surface area contributed by atoms with E-state index in [1.165, 1.54) is 51.4 Å². The number of nitrogens with one attached hydrogen (secondary N) is 1. The molecule has 0 unspecified atom stereocenters. The lowest BCUT2D eigenvalue weighted by Crippen LogP contribution is -2.02. The molecule has 0 atom stereocenters. The Hall–Kier alpha value is -1.06. The number of aromatic nitrogens is 2. The summed E-state index contributed by atoms with van der Waals surface area (Å²) in [5.74, 6) is 1.45. The van der Waals surface area contributed by atoms with Gasteiger partial charge < -0.3 is 9.84 Å². The molecular weight excluding hydrogens is 202 g/mol. The highest BCUT2D eigenvalue weighted by Crippen LogP contribution is 2.31. The summed E-state index contributed by atoms with van der Waals surface area (Å²) in [7, 11) is 0. The van der Waals surface area contributed by atoms with Crippen LogP contribution in [0.4, 0.5) is 6.01 Å². The van der Waals surface area contributed by atoms with E-state index in [4.69, 9.17) is 4.52 Å². The van der Waals surface area contributed by atoms with E-state index in [0.29, 0.717) is 18.0 Å². The van der Waals surface area contributed by atoms with E-state index in [1.807, 2.05) is 0 Å². The first kappa shape index (κ1) is 10.1. The van der Waals surface area contributed by atoms with Crippen LogP contribution in [0.3, 0.4) is 0 Å². The first-order chi connectivity index (χ1) is 7.92. The SMILES string of the molecule is C1CCCC(c2noc(NC3CC3)n2)CC1. The normalized spacial score (nSPS) is 23.0. The van der Waals surface area contributed by atoms with Gasteiger partial charge in [-0.05, 0) is 25.7 Å². The second-order valence-corrected chi connectivity index (χ2v) is 5.06. The molecule has 4 heteroatoms. The van der Waals surface area contributed by atoms with Gasteiger partial charge in [0.05, 0.1) is 0 Å². The van der Waals surface area contributed by atoms with Crippen molar-refractivity contribution in [2.24, 2.45) is 0 Å². The molecule has 0 amide bonds. The van der Waals surface area contributed by atoms with Crippen LogP contribution in [0.25, 0.3) is 0 Å². The molecule has 16 heavy (non-hydrogen) atoms. The number of hydrogen-bond acceptors (Lipinski definition) is 4. The predicted octanol–water partition coefficient (Wildman–Crippen LogP) is 3.08. The molecule has 0 aliphatic heterocycles. The van der Waals surface area contributed by atoms with Gasteiger partial charge in [0.15, 0.2) is 5.82 Å². The van der Waals surface area contributed by atoms with Crippen molar-refractivity contribution in [1.29, 1.82) is 0 Å². The average molecular weight is 221 g/mol. The Bertz CT molecular complexity index is 338. The van der Waals surface area contributed by atoms with Crippen LogP contribution in [0.15, 0.2) is 4.52 Å². The Morgan fingerprint density at radius 2 is 1.75 bits per heavy atom. The van der Waals surface area contributed by atoms with Crippen molar-refractivity contribution in [2.45, 2.75) is 63.3 Å². The average Bonchev–Trinajstić information content (AvgIpc) is 3.03. The van der Waals surface area contributed by atoms with Gasteiger partial charge >= 0.3 is 6.01 Å². The highest BCUT2D eigenvalue weighted by Gasteiger charge is 2.25. The van der Waals surface area contributed by atoms with E-state index in [1.54, 1.807) is 0 Å². The van der Waals surface area contributed by atoms with Gasteiger partial charge in [0.25, 0.3) is 0 Å². The molecule has 0 saturated heterocycles. The summed E-state index contributed by atoms with van der Waals surface area (Å²) in [4.78, 5) is 4.47. The molecule has 0 aromatic carbocycles. The Balaban J connectivity index is 1.64. The van der Waals surface area contributed by atoms with Crippen LogP contribution in [0, 0.1) is 0 Å². The minimum Gasteiger partial charge on any atom is -0.335 e. The third-order valence-electron chi connectivity index (χ3n) is 3.57. The standard InChI is InChI=1S/C12H19N3O/c1-2-4-6-9(5-3-1)11-14-12(16-15-11)13-10-7-8-10/h9-10H,1-8H2,(H,13,14,15). The van der Waals surface area contributed by atoms with Gasteiger partial charge in [-0.15, -0.1) is 0 Å². The highest BCUT2D eigenvalue weighted by molar-refractivity contribution is 5.24. The molecule has 0 spiro atoms. The zero-order valence-electron chi connectivity index (χ0n) is 9.61. The lowest BCUT2D eigenvalue weighted by molar-refractivity contribution is 0.409. The molecule has 2 aliphatic rings. The van der Waals surface area contributed by atoms with E-state index < -0.39 is 0 Å². The van der Waals surface area contributed by atoms with E-state index in [-0.39, 0.29) is 0 Å². The maximum absolute atomic E-state index is 5.24. The summed E-state index contributed by atoms with van der Waals surface area (Å²) in [6, 6.07) is 1.21. The van der Waals surface area contributed by atoms with Gasteiger partial charge in [0.1, 0.15) is 0 Å². The molecule has 2 aliphatic carbocycles. The Labute approximate surface area is 95.8 Å². The molecular formula is C12H19N3O. The summed E-state index contributed by atoms with van der Waals surface area (Å²) in [5, 5.41) is 7.36. The predicted molar refractivity (Wildman–Crippen MR) is 61.4 cm³/mol. The van der Waals surface area contributed by atoms with Crippen LogP contribution in [0.1, 0.15) is 63.1 Å². The first-order valence-electron chi connectivity index (χ1n) is 6.52. The third kappa shape index (κ3) is 2.36. The largest absolute Gasteiger partial charge is 0.335 e. The van der Waals surface area contributed by atoms with E-state index in [9.17, 15) is 0 Å². The number of hydrogen-bond donors (Lipinski definition) is 1. The molecule has 1 aromatic rings. The molecule has 1 aromatic heterocycles. The Kier molecular flexibility index (Phi) is 2.80. The van der Waals surface area contributed by atoms with E-state index >= 15 is 0 Å². The van der Waals surface area contributed by atoms with Gasteiger partial charge in [-0.2, -0.15) is 4.98 Å². The maximum Gasteiger partial charge on any atom is 0.321 e. The summed E-state index contributed by atoms with van der Waals surface area (Å²) < 4.78 is 5.24. The fourth-order valence-electron chi connectivity index (χ4n) is 2.40. The van der Waals surface area contributed by atoms with Crippen LogP contribution in [0.2, 0.25) is 0 Å². The molecule has 1 N–H and O–H groups in total. The minimum absolute atomic E-state index is 0.529. The second kappa shape index (κ2) is 4.44. The number of nitrogens with zero attached hydrogens (tertiary/aromatic N) is 2.